The molecule has 56 heavy (non-hydrogen) atoms. The van der Waals surface area contributed by atoms with Crippen LogP contribution in [0.1, 0.15) is 61.0 Å². The van der Waals surface area contributed by atoms with Gasteiger partial charge in [0.1, 0.15) is 24.2 Å². The highest BCUT2D eigenvalue weighted by Gasteiger charge is 2.11. The van der Waals surface area contributed by atoms with Gasteiger partial charge in [0, 0.05) is 43.3 Å². The molecule has 2 aromatic heterocycles. The number of carbonyl (C=O) groups is 2. The lowest BCUT2D eigenvalue weighted by molar-refractivity contribution is -0.134. The molecule has 4 aromatic carbocycles. The van der Waals surface area contributed by atoms with Crippen LogP contribution in [0.15, 0.2) is 147 Å². The number of aryl methyl sites for hydroxylation is 1. The summed E-state index contributed by atoms with van der Waals surface area (Å²) in [5.74, 6) is 0.790. The number of benzene rings is 4. The van der Waals surface area contributed by atoms with Gasteiger partial charge in [0.2, 0.25) is 0 Å². The van der Waals surface area contributed by atoms with E-state index in [0.29, 0.717) is 24.0 Å². The number of carbonyl (C=O) groups excluding carboxylic acids is 2. The van der Waals surface area contributed by atoms with Crippen molar-refractivity contribution in [2.75, 3.05) is 34.7 Å². The fourth-order valence-electron chi connectivity index (χ4n) is 5.17. The van der Waals surface area contributed by atoms with Gasteiger partial charge in [0.15, 0.2) is 0 Å². The summed E-state index contributed by atoms with van der Waals surface area (Å²) >= 11 is 0. The molecule has 0 radical (unpaired) electrons. The van der Waals surface area contributed by atoms with Crippen molar-refractivity contribution in [3.8, 4) is 11.5 Å². The first-order valence-corrected chi connectivity index (χ1v) is 18.7. The van der Waals surface area contributed by atoms with Gasteiger partial charge in [0.25, 0.3) is 0 Å². The Morgan fingerprint density at radius 3 is 1.66 bits per heavy atom. The Bertz CT molecular complexity index is 1910. The lowest BCUT2D eigenvalue weighted by Crippen LogP contribution is -2.17. The zero-order chi connectivity index (χ0) is 40.7. The first kappa shape index (κ1) is 44.5. The first-order chi connectivity index (χ1) is 27.0. The third-order valence-electron chi connectivity index (χ3n) is 8.89. The van der Waals surface area contributed by atoms with Crippen molar-refractivity contribution in [3.05, 3.63) is 169 Å². The number of nitrogens with two attached hydrogens (primary N) is 1. The quantitative estimate of drug-likeness (QED) is 0.0996. The zero-order valence-electron chi connectivity index (χ0n) is 33.5. The number of aromatic hydroxyl groups is 1. The smallest absolute Gasteiger partial charge is 0.338 e. The third-order valence-corrected chi connectivity index (χ3v) is 8.89. The normalized spacial score (nSPS) is 11.5. The topological polar surface area (TPSA) is 132 Å². The highest BCUT2D eigenvalue weighted by Crippen LogP contribution is 2.23. The molecular weight excluding hydrogens is 703 g/mol. The van der Waals surface area contributed by atoms with Crippen molar-refractivity contribution < 1.29 is 19.4 Å². The average Bonchev–Trinajstić information content (AvgIpc) is 3.95. The molecule has 0 saturated carbocycles. The number of ether oxygens (including phenoxy) is 1. The molecule has 0 aliphatic carbocycles. The van der Waals surface area contributed by atoms with Crippen molar-refractivity contribution in [1.29, 1.82) is 0 Å². The van der Waals surface area contributed by atoms with Crippen molar-refractivity contribution in [2.24, 2.45) is 5.73 Å². The second-order valence-electron chi connectivity index (χ2n) is 13.5. The first-order valence-electron chi connectivity index (χ1n) is 18.7. The Morgan fingerprint density at radius 2 is 1.20 bits per heavy atom. The van der Waals surface area contributed by atoms with Crippen LogP contribution >= 0.6 is 0 Å². The fraction of sp³-hybridized carbons (Fsp3) is 0.289. The van der Waals surface area contributed by atoms with Crippen molar-refractivity contribution in [1.82, 2.24) is 28.9 Å². The molecule has 11 heteroatoms. The van der Waals surface area contributed by atoms with Gasteiger partial charge in [-0.2, -0.15) is 0 Å². The van der Waals surface area contributed by atoms with Gasteiger partial charge in [-0.25, -0.2) is 14.8 Å². The van der Waals surface area contributed by atoms with E-state index >= 15 is 0 Å². The van der Waals surface area contributed by atoms with Crippen LogP contribution in [0.5, 0.6) is 11.5 Å². The SMILES string of the molecule is C[C@@H](c1cccc(O)c1)N(C)C.C[C@@H](c1cccc(OC(=O)CCCc2ccccc2)c1)N(C)C.NCCc1ccccc1.O=C(n1ccnc1)n1ccnc1. The minimum absolute atomic E-state index is 0.171. The van der Waals surface area contributed by atoms with Gasteiger partial charge in [-0.15, -0.1) is 0 Å². The third kappa shape index (κ3) is 16.2. The van der Waals surface area contributed by atoms with Gasteiger partial charge < -0.3 is 25.4 Å². The number of imidazole rings is 2. The predicted octanol–water partition coefficient (Wildman–Crippen LogP) is 8.04. The molecule has 0 bridgehead atoms. The van der Waals surface area contributed by atoms with Gasteiger partial charge in [-0.1, -0.05) is 84.9 Å². The molecular formula is C45H57N7O4. The molecule has 0 aliphatic rings. The van der Waals surface area contributed by atoms with Crippen LogP contribution in [0.3, 0.4) is 0 Å². The molecule has 296 valence electrons. The van der Waals surface area contributed by atoms with E-state index < -0.39 is 0 Å². The minimum atomic E-state index is -0.190. The largest absolute Gasteiger partial charge is 0.508 e. The molecule has 0 spiro atoms. The van der Waals surface area contributed by atoms with E-state index in [2.05, 4.69) is 63.9 Å². The summed E-state index contributed by atoms with van der Waals surface area (Å²) in [4.78, 5) is 35.2. The maximum Gasteiger partial charge on any atom is 0.338 e. The predicted molar refractivity (Wildman–Crippen MR) is 224 cm³/mol. The monoisotopic (exact) mass is 759 g/mol. The number of hydrogen-bond donors (Lipinski definition) is 2. The molecule has 3 N–H and O–H groups in total. The summed E-state index contributed by atoms with van der Waals surface area (Å²) in [7, 11) is 8.11. The molecule has 2 heterocycles. The Hall–Kier alpha value is -5.88. The summed E-state index contributed by atoms with van der Waals surface area (Å²) in [6.45, 7) is 4.97. The maximum atomic E-state index is 12.0. The standard InChI is InChI=1S/C20H25NO2.C10H15NO.C8H11N.C7H6N4O/c1-16(21(2)3)18-12-8-13-19(15-18)23-20(22)14-7-11-17-9-5-4-6-10-17;1-8(11(2)3)9-5-4-6-10(12)7-9;9-7-6-8-4-2-1-3-5-8;12-7(10-3-1-8-5-10)11-4-2-9-6-11/h4-6,8-10,12-13,15-16H,7,11,14H2,1-3H3;4-8,12H,1-3H3;1-5H,6-7,9H2;1-6H/t16-;8-;;/m00../s1. The number of nitrogens with zero attached hydrogens (tertiary/aromatic N) is 6. The van der Waals surface area contributed by atoms with Crippen LogP contribution in [-0.2, 0) is 17.6 Å². The second-order valence-corrected chi connectivity index (χ2v) is 13.5. The zero-order valence-corrected chi connectivity index (χ0v) is 33.5. The van der Waals surface area contributed by atoms with Gasteiger partial charge >= 0.3 is 12.0 Å². The van der Waals surface area contributed by atoms with Crippen LogP contribution < -0.4 is 10.5 Å². The number of hydrogen-bond acceptors (Lipinski definition) is 9. The Kier molecular flexibility index (Phi) is 19.5. The summed E-state index contributed by atoms with van der Waals surface area (Å²) in [5.41, 5.74) is 10.2. The Morgan fingerprint density at radius 1 is 0.696 bits per heavy atom. The number of phenols is 1. The van der Waals surface area contributed by atoms with Crippen LogP contribution in [-0.4, -0.2) is 80.7 Å². The summed E-state index contributed by atoms with van der Waals surface area (Å²) < 4.78 is 8.22. The van der Waals surface area contributed by atoms with E-state index in [-0.39, 0.29) is 18.0 Å². The average molecular weight is 760 g/mol. The number of rotatable bonds is 11. The fourth-order valence-corrected chi connectivity index (χ4v) is 5.17. The van der Waals surface area contributed by atoms with Gasteiger partial charge in [0.05, 0.1) is 0 Å². The lowest BCUT2D eigenvalue weighted by Gasteiger charge is -2.20. The van der Waals surface area contributed by atoms with Crippen molar-refractivity contribution in [3.63, 3.8) is 0 Å². The molecule has 6 rings (SSSR count). The summed E-state index contributed by atoms with van der Waals surface area (Å²) in [6, 6.07) is 36.0. The highest BCUT2D eigenvalue weighted by molar-refractivity contribution is 5.78. The number of esters is 1. The Labute approximate surface area is 332 Å². The molecule has 0 aliphatic heterocycles. The van der Waals surface area contributed by atoms with E-state index in [4.69, 9.17) is 10.5 Å². The molecule has 0 amide bonds. The Balaban J connectivity index is 0.000000216. The van der Waals surface area contributed by atoms with E-state index in [1.165, 1.54) is 32.9 Å². The molecule has 0 unspecified atom stereocenters. The van der Waals surface area contributed by atoms with Gasteiger partial charge in [-0.05, 0) is 114 Å². The van der Waals surface area contributed by atoms with Crippen LogP contribution in [0.2, 0.25) is 0 Å². The molecule has 2 atom stereocenters. The van der Waals surface area contributed by atoms with Crippen LogP contribution in [0.25, 0.3) is 0 Å². The summed E-state index contributed by atoms with van der Waals surface area (Å²) in [5, 5.41) is 9.23. The van der Waals surface area contributed by atoms with Gasteiger partial charge in [-0.3, -0.25) is 13.9 Å². The molecule has 6 aromatic rings. The number of aromatic nitrogens is 4. The number of phenolic OH excluding ortho intramolecular Hbond substituents is 1. The maximum absolute atomic E-state index is 12.0. The van der Waals surface area contributed by atoms with E-state index in [1.54, 1.807) is 36.9 Å². The van der Waals surface area contributed by atoms with Crippen LogP contribution in [0.4, 0.5) is 4.79 Å². The molecule has 11 nitrogen and oxygen atoms in total. The second kappa shape index (κ2) is 24.5. The van der Waals surface area contributed by atoms with Crippen molar-refractivity contribution in [2.45, 2.75) is 51.6 Å². The van der Waals surface area contributed by atoms with Crippen LogP contribution in [0, 0.1) is 0 Å². The minimum Gasteiger partial charge on any atom is -0.508 e. The van der Waals surface area contributed by atoms with Crippen molar-refractivity contribution >= 4 is 12.0 Å². The van der Waals surface area contributed by atoms with E-state index in [1.807, 2.05) is 94.9 Å². The highest BCUT2D eigenvalue weighted by atomic mass is 16.5. The van der Waals surface area contributed by atoms with E-state index in [0.717, 1.165) is 36.9 Å². The molecule has 0 saturated heterocycles. The lowest BCUT2D eigenvalue weighted by atomic mass is 10.1. The summed E-state index contributed by atoms with van der Waals surface area (Å²) in [6.07, 6.45) is 12.3. The van der Waals surface area contributed by atoms with E-state index in [9.17, 15) is 14.7 Å². The molecule has 0 fully saturated rings.